The number of hydrogen-bond acceptors (Lipinski definition) is 5. The fourth-order valence-corrected chi connectivity index (χ4v) is 2.81. The van der Waals surface area contributed by atoms with Gasteiger partial charge in [0.2, 0.25) is 12.3 Å². The number of rotatable bonds is 5. The Hall–Kier alpha value is -3.23. The predicted octanol–water partition coefficient (Wildman–Crippen LogP) is 3.50. The van der Waals surface area contributed by atoms with E-state index in [1.807, 2.05) is 17.7 Å². The van der Waals surface area contributed by atoms with E-state index < -0.39 is 5.82 Å². The van der Waals surface area contributed by atoms with Gasteiger partial charge < -0.3 is 19.4 Å². The molecular formula is C18H22F2N4O3. The summed E-state index contributed by atoms with van der Waals surface area (Å²) in [4.78, 5) is 18.9. The van der Waals surface area contributed by atoms with Crippen molar-refractivity contribution in [3.8, 4) is 22.9 Å². The Labute approximate surface area is 156 Å². The van der Waals surface area contributed by atoms with Crippen LogP contribution in [-0.2, 0) is 11.8 Å². The molecule has 3 aromatic heterocycles. The van der Waals surface area contributed by atoms with Crippen molar-refractivity contribution in [2.75, 3.05) is 26.7 Å². The average Bonchev–Trinajstić information content (AvgIpc) is 3.01. The van der Waals surface area contributed by atoms with Gasteiger partial charge in [0.15, 0.2) is 11.6 Å². The maximum atomic E-state index is 14.5. The summed E-state index contributed by atoms with van der Waals surface area (Å²) >= 11 is 0. The molecular weight excluding hydrogens is 358 g/mol. The van der Waals surface area contributed by atoms with Crippen LogP contribution in [0.15, 0.2) is 18.3 Å². The number of carbonyl (C=O) groups is 1. The van der Waals surface area contributed by atoms with Crippen LogP contribution in [-0.4, -0.2) is 42.3 Å². The number of alkyl halides is 1. The molecule has 27 heavy (non-hydrogen) atoms. The van der Waals surface area contributed by atoms with E-state index in [0.29, 0.717) is 30.7 Å². The summed E-state index contributed by atoms with van der Waals surface area (Å²) < 4.78 is 36.5. The molecule has 0 saturated carbocycles. The number of fused-ring (bicyclic) bond motifs is 1. The fraction of sp³-hybridized carbons (Fsp3) is 0.278. The van der Waals surface area contributed by atoms with E-state index in [0.717, 1.165) is 10.9 Å². The van der Waals surface area contributed by atoms with Crippen molar-refractivity contribution in [1.29, 1.82) is 0 Å². The van der Waals surface area contributed by atoms with E-state index in [9.17, 15) is 13.6 Å². The van der Waals surface area contributed by atoms with Gasteiger partial charge in [-0.3, -0.25) is 9.18 Å². The lowest BCUT2D eigenvalue weighted by Gasteiger charge is -2.15. The van der Waals surface area contributed by atoms with Crippen molar-refractivity contribution in [1.82, 2.24) is 14.5 Å². The molecule has 1 amide bonds. The van der Waals surface area contributed by atoms with Crippen LogP contribution < -0.4 is 14.8 Å². The van der Waals surface area contributed by atoms with Crippen molar-refractivity contribution < 1.29 is 24.5 Å². The third-order valence-electron chi connectivity index (χ3n) is 4.02. The van der Waals surface area contributed by atoms with Crippen LogP contribution in [0.25, 0.3) is 22.2 Å². The molecule has 0 unspecified atom stereocenters. The highest BCUT2D eigenvalue weighted by Gasteiger charge is 2.24. The molecule has 0 radical (unpaired) electrons. The van der Waals surface area contributed by atoms with E-state index in [2.05, 4.69) is 15.3 Å². The molecule has 0 bridgehead atoms. The molecule has 0 saturated heterocycles. The van der Waals surface area contributed by atoms with Gasteiger partial charge >= 0.3 is 0 Å². The fourth-order valence-electron chi connectivity index (χ4n) is 2.81. The normalized spacial score (nSPS) is 10.2. The minimum absolute atomic E-state index is 0. The summed E-state index contributed by atoms with van der Waals surface area (Å²) in [6.07, 6.45) is 2.19. The first-order valence-corrected chi connectivity index (χ1v) is 7.83. The number of amides is 1. The topological polar surface area (TPSA) is 78.3 Å². The van der Waals surface area contributed by atoms with Gasteiger partial charge in [-0.1, -0.05) is 0 Å². The number of aromatic nitrogens is 3. The first kappa shape index (κ1) is 20.1. The Bertz CT molecular complexity index is 979. The lowest BCUT2D eigenvalue weighted by molar-refractivity contribution is -0.105. The van der Waals surface area contributed by atoms with Crippen molar-refractivity contribution in [3.63, 3.8) is 0 Å². The molecule has 3 aromatic rings. The van der Waals surface area contributed by atoms with Crippen LogP contribution in [0.1, 0.15) is 7.12 Å². The molecule has 146 valence electrons. The Morgan fingerprint density at radius 2 is 1.96 bits per heavy atom. The molecule has 9 heteroatoms. The molecule has 0 atom stereocenters. The maximum absolute atomic E-state index is 14.5. The van der Waals surface area contributed by atoms with Crippen LogP contribution in [0, 0.1) is 12.7 Å². The average molecular weight is 380 g/mol. The molecule has 0 fully saturated rings. The van der Waals surface area contributed by atoms with Crippen molar-refractivity contribution in [2.45, 2.75) is 6.92 Å². The molecule has 0 spiro atoms. The summed E-state index contributed by atoms with van der Waals surface area (Å²) in [6.45, 7) is 1.55. The van der Waals surface area contributed by atoms with Gasteiger partial charge in [-0.25, -0.2) is 14.4 Å². The number of ether oxygens (including phenoxy) is 2. The van der Waals surface area contributed by atoms with Crippen LogP contribution in [0.4, 0.5) is 14.6 Å². The molecule has 0 aliphatic heterocycles. The first-order chi connectivity index (χ1) is 13.0. The number of carbonyl (C=O) groups excluding carboxylic acids is 1. The van der Waals surface area contributed by atoms with Crippen LogP contribution in [0.2, 0.25) is 0 Å². The first-order valence-electron chi connectivity index (χ1n) is 7.83. The zero-order valence-electron chi connectivity index (χ0n) is 15.6. The molecule has 0 aliphatic rings. The standard InChI is InChI=1S/C17H17FN4O3.CH3F.H2/c1-9-15(18)16(24-3)14(17(21-9)25-4)11-5-10-6-13(20-8-23)19-7-12(10)22(11)2;1-2;/h5-8H,1-4H3,(H,19,20,23);1H3;1H. The molecule has 3 rings (SSSR count). The van der Waals surface area contributed by atoms with Crippen LogP contribution >= 0.6 is 0 Å². The van der Waals surface area contributed by atoms with E-state index in [4.69, 9.17) is 9.47 Å². The molecule has 0 aliphatic carbocycles. The number of nitrogens with zero attached hydrogens (tertiary/aromatic N) is 3. The minimum Gasteiger partial charge on any atom is -0.493 e. The number of nitrogens with one attached hydrogen (secondary N) is 1. The summed E-state index contributed by atoms with van der Waals surface area (Å²) in [5, 5.41) is 3.33. The third-order valence-corrected chi connectivity index (χ3v) is 4.02. The van der Waals surface area contributed by atoms with Crippen molar-refractivity contribution in [3.05, 3.63) is 29.8 Å². The van der Waals surface area contributed by atoms with Gasteiger partial charge in [-0.2, -0.15) is 0 Å². The summed E-state index contributed by atoms with van der Waals surface area (Å²) in [6, 6.07) is 3.56. The van der Waals surface area contributed by atoms with Crippen LogP contribution in [0.5, 0.6) is 11.6 Å². The molecule has 7 nitrogen and oxygen atoms in total. The highest BCUT2D eigenvalue weighted by atomic mass is 19.1. The molecule has 1 N–H and O–H groups in total. The summed E-state index contributed by atoms with van der Waals surface area (Å²) in [5.74, 6) is 0.215. The molecule has 0 aromatic carbocycles. The van der Waals surface area contributed by atoms with E-state index in [1.54, 1.807) is 19.2 Å². The Morgan fingerprint density at radius 1 is 1.26 bits per heavy atom. The Kier molecular flexibility index (Phi) is 6.27. The van der Waals surface area contributed by atoms with Gasteiger partial charge in [0, 0.05) is 13.9 Å². The summed E-state index contributed by atoms with van der Waals surface area (Å²) in [7, 11) is 5.19. The predicted molar refractivity (Wildman–Crippen MR) is 101 cm³/mol. The van der Waals surface area contributed by atoms with E-state index >= 15 is 0 Å². The third kappa shape index (κ3) is 3.53. The zero-order valence-corrected chi connectivity index (χ0v) is 15.6. The number of anilines is 1. The smallest absolute Gasteiger partial charge is 0.226 e. The summed E-state index contributed by atoms with van der Waals surface area (Å²) in [5.41, 5.74) is 2.06. The number of aryl methyl sites for hydroxylation is 2. The Morgan fingerprint density at radius 3 is 2.56 bits per heavy atom. The SMILES string of the molecule is CF.COc1nc(C)c(F)c(OC)c1-c1cc2cc(NC=O)ncc2n1C.[HH]. The lowest BCUT2D eigenvalue weighted by Crippen LogP contribution is -2.04. The van der Waals surface area contributed by atoms with Crippen LogP contribution in [0.3, 0.4) is 0 Å². The lowest BCUT2D eigenvalue weighted by atomic mass is 10.1. The second-order valence-electron chi connectivity index (χ2n) is 5.41. The van der Waals surface area contributed by atoms with Gasteiger partial charge in [0.25, 0.3) is 0 Å². The monoisotopic (exact) mass is 380 g/mol. The zero-order chi connectivity index (χ0) is 20.1. The number of halogens is 2. The molecule has 3 heterocycles. The quantitative estimate of drug-likeness (QED) is 0.686. The second kappa shape index (κ2) is 8.43. The van der Waals surface area contributed by atoms with Gasteiger partial charge in [-0.15, -0.1) is 0 Å². The van der Waals surface area contributed by atoms with Gasteiger partial charge in [0.1, 0.15) is 11.4 Å². The number of methoxy groups -OCH3 is 2. The van der Waals surface area contributed by atoms with E-state index in [-0.39, 0.29) is 18.8 Å². The minimum atomic E-state index is -0.537. The van der Waals surface area contributed by atoms with Crippen molar-refractivity contribution >= 4 is 23.1 Å². The number of pyridine rings is 2. The van der Waals surface area contributed by atoms with E-state index in [1.165, 1.54) is 14.2 Å². The second-order valence-corrected chi connectivity index (χ2v) is 5.41. The van der Waals surface area contributed by atoms with Gasteiger partial charge in [-0.05, 0) is 19.1 Å². The Balaban J connectivity index is 0.00000127. The van der Waals surface area contributed by atoms with Gasteiger partial charge in [0.05, 0.1) is 44.5 Å². The highest BCUT2D eigenvalue weighted by molar-refractivity contribution is 5.91. The maximum Gasteiger partial charge on any atom is 0.226 e. The highest BCUT2D eigenvalue weighted by Crippen LogP contribution is 2.41. The van der Waals surface area contributed by atoms with Crippen molar-refractivity contribution in [2.24, 2.45) is 7.05 Å². The largest absolute Gasteiger partial charge is 0.493 e. The number of hydrogen-bond donors (Lipinski definition) is 1.